The molecule has 2 heterocycles. The minimum absolute atomic E-state index is 0.0492. The summed E-state index contributed by atoms with van der Waals surface area (Å²) in [7, 11) is 0. The molecule has 35 heavy (non-hydrogen) atoms. The molecule has 0 radical (unpaired) electrons. The monoisotopic (exact) mass is 480 g/mol. The molecule has 1 aliphatic heterocycles. The Morgan fingerprint density at radius 2 is 1.60 bits per heavy atom. The molecule has 2 N–H and O–H groups in total. The second-order valence-electron chi connectivity index (χ2n) is 8.46. The number of benzene rings is 2. The van der Waals surface area contributed by atoms with Crippen LogP contribution in [0.25, 0.3) is 0 Å². The molecule has 182 valence electrons. The number of aryl methyl sites for hydroxylation is 2. The SMILES string of the molecule is Cc1ccc(C(=O)OC[C@H]2O[C@@H](n3cc(F)c(N)cc3=O)C[C@@H]2OC(=O)c2ccc(C)cc2)cc1. The van der Waals surface area contributed by atoms with E-state index >= 15 is 0 Å². The van der Waals surface area contributed by atoms with Gasteiger partial charge in [-0.15, -0.1) is 0 Å². The van der Waals surface area contributed by atoms with Crippen LogP contribution in [0, 0.1) is 19.7 Å². The highest BCUT2D eigenvalue weighted by molar-refractivity contribution is 5.90. The number of nitrogens with two attached hydrogens (primary N) is 1. The molecule has 4 rings (SSSR count). The fourth-order valence-electron chi connectivity index (χ4n) is 3.73. The van der Waals surface area contributed by atoms with Gasteiger partial charge < -0.3 is 19.9 Å². The van der Waals surface area contributed by atoms with E-state index in [1.54, 1.807) is 48.5 Å². The zero-order valence-corrected chi connectivity index (χ0v) is 19.3. The number of ether oxygens (including phenoxy) is 3. The smallest absolute Gasteiger partial charge is 0.338 e. The van der Waals surface area contributed by atoms with Crippen LogP contribution in [0.2, 0.25) is 0 Å². The first-order valence-corrected chi connectivity index (χ1v) is 11.1. The number of hydrogen-bond donors (Lipinski definition) is 1. The van der Waals surface area contributed by atoms with E-state index in [9.17, 15) is 18.8 Å². The van der Waals surface area contributed by atoms with Crippen molar-refractivity contribution in [3.05, 3.63) is 99.2 Å². The van der Waals surface area contributed by atoms with Crippen LogP contribution < -0.4 is 11.3 Å². The van der Waals surface area contributed by atoms with E-state index in [1.807, 2.05) is 13.8 Å². The third-order valence-corrected chi connectivity index (χ3v) is 5.76. The van der Waals surface area contributed by atoms with Gasteiger partial charge in [-0.05, 0) is 38.1 Å². The number of aromatic nitrogens is 1. The van der Waals surface area contributed by atoms with Crippen LogP contribution in [-0.2, 0) is 14.2 Å². The Bertz CT molecular complexity index is 1290. The molecule has 0 spiro atoms. The van der Waals surface area contributed by atoms with Crippen molar-refractivity contribution < 1.29 is 28.2 Å². The summed E-state index contributed by atoms with van der Waals surface area (Å²) >= 11 is 0. The van der Waals surface area contributed by atoms with E-state index < -0.39 is 41.8 Å². The highest BCUT2D eigenvalue weighted by Crippen LogP contribution is 2.31. The molecule has 1 saturated heterocycles. The zero-order valence-electron chi connectivity index (χ0n) is 19.3. The van der Waals surface area contributed by atoms with Gasteiger partial charge in [-0.3, -0.25) is 9.36 Å². The lowest BCUT2D eigenvalue weighted by molar-refractivity contribution is -0.0580. The highest BCUT2D eigenvalue weighted by atomic mass is 19.1. The van der Waals surface area contributed by atoms with E-state index in [0.717, 1.165) is 28.0 Å². The summed E-state index contributed by atoms with van der Waals surface area (Å²) in [6.07, 6.45) is -1.69. The fourth-order valence-corrected chi connectivity index (χ4v) is 3.73. The Morgan fingerprint density at radius 3 is 2.20 bits per heavy atom. The molecule has 3 aromatic rings. The van der Waals surface area contributed by atoms with Gasteiger partial charge in [-0.25, -0.2) is 14.0 Å². The van der Waals surface area contributed by atoms with E-state index in [0.29, 0.717) is 11.1 Å². The summed E-state index contributed by atoms with van der Waals surface area (Å²) in [6, 6.07) is 14.6. The van der Waals surface area contributed by atoms with Crippen molar-refractivity contribution in [2.24, 2.45) is 0 Å². The topological polar surface area (TPSA) is 110 Å². The lowest BCUT2D eigenvalue weighted by atomic mass is 10.1. The van der Waals surface area contributed by atoms with E-state index in [4.69, 9.17) is 19.9 Å². The number of anilines is 1. The zero-order chi connectivity index (χ0) is 25.1. The standard InChI is InChI=1S/C26H25FN2O6/c1-15-3-7-17(8-4-15)25(31)33-14-22-21(35-26(32)18-9-5-16(2)6-10-18)12-24(34-22)29-13-19(27)20(28)11-23(29)30/h3-11,13,21-22,24H,12,14,28H2,1-2H3/t21-,22+,24+/m0/s1. The molecule has 9 heteroatoms. The molecule has 0 aliphatic carbocycles. The lowest BCUT2D eigenvalue weighted by Gasteiger charge is -2.19. The van der Waals surface area contributed by atoms with Crippen molar-refractivity contribution in [1.29, 1.82) is 0 Å². The Morgan fingerprint density at radius 1 is 1.03 bits per heavy atom. The Hall–Kier alpha value is -3.98. The number of carbonyl (C=O) groups is 2. The van der Waals surface area contributed by atoms with Gasteiger partial charge in [-0.2, -0.15) is 0 Å². The highest BCUT2D eigenvalue weighted by Gasteiger charge is 2.40. The molecule has 8 nitrogen and oxygen atoms in total. The minimum atomic E-state index is -0.948. The molecule has 1 aromatic heterocycles. The molecule has 0 unspecified atom stereocenters. The van der Waals surface area contributed by atoms with Gasteiger partial charge in [0.1, 0.15) is 25.0 Å². The van der Waals surface area contributed by atoms with E-state index in [1.165, 1.54) is 0 Å². The van der Waals surface area contributed by atoms with Gasteiger partial charge in [0, 0.05) is 18.7 Å². The number of hydrogen-bond acceptors (Lipinski definition) is 7. The summed E-state index contributed by atoms with van der Waals surface area (Å²) in [4.78, 5) is 37.6. The van der Waals surface area contributed by atoms with Gasteiger partial charge in [0.25, 0.3) is 5.56 Å². The number of nitrogen functional groups attached to an aromatic ring is 1. The van der Waals surface area contributed by atoms with Gasteiger partial charge >= 0.3 is 11.9 Å². The second kappa shape index (κ2) is 10.1. The van der Waals surface area contributed by atoms with Crippen LogP contribution in [0.15, 0.2) is 65.6 Å². The Balaban J connectivity index is 1.53. The van der Waals surface area contributed by atoms with Crippen LogP contribution in [0.4, 0.5) is 10.1 Å². The molecular formula is C26H25FN2O6. The van der Waals surface area contributed by atoms with E-state index in [-0.39, 0.29) is 18.7 Å². The maximum Gasteiger partial charge on any atom is 0.338 e. The third kappa shape index (κ3) is 5.58. The number of pyridine rings is 1. The van der Waals surface area contributed by atoms with Gasteiger partial charge in [0.15, 0.2) is 5.82 Å². The average Bonchev–Trinajstić information content (AvgIpc) is 3.22. The van der Waals surface area contributed by atoms with Crippen molar-refractivity contribution in [3.63, 3.8) is 0 Å². The molecule has 2 aromatic carbocycles. The summed E-state index contributed by atoms with van der Waals surface area (Å²) in [5.41, 5.74) is 7.29. The number of rotatable bonds is 6. The van der Waals surface area contributed by atoms with Crippen LogP contribution in [0.1, 0.15) is 44.5 Å². The molecular weight excluding hydrogens is 455 g/mol. The molecule has 0 amide bonds. The first kappa shape index (κ1) is 24.2. The van der Waals surface area contributed by atoms with Crippen molar-refractivity contribution >= 4 is 17.6 Å². The largest absolute Gasteiger partial charge is 0.459 e. The normalized spacial score (nSPS) is 19.3. The predicted molar refractivity (Wildman–Crippen MR) is 125 cm³/mol. The van der Waals surface area contributed by atoms with Crippen LogP contribution >= 0.6 is 0 Å². The van der Waals surface area contributed by atoms with Crippen LogP contribution in [0.3, 0.4) is 0 Å². The first-order valence-electron chi connectivity index (χ1n) is 11.1. The van der Waals surface area contributed by atoms with Gasteiger partial charge in [-0.1, -0.05) is 35.4 Å². The summed E-state index contributed by atoms with van der Waals surface area (Å²) in [6.45, 7) is 3.56. The van der Waals surface area contributed by atoms with Crippen molar-refractivity contribution in [1.82, 2.24) is 4.57 Å². The second-order valence-corrected chi connectivity index (χ2v) is 8.46. The maximum absolute atomic E-state index is 14.0. The molecule has 1 aliphatic rings. The van der Waals surface area contributed by atoms with Crippen molar-refractivity contribution in [2.45, 2.75) is 38.7 Å². The minimum Gasteiger partial charge on any atom is -0.459 e. The number of carbonyl (C=O) groups excluding carboxylic acids is 2. The Kier molecular flexibility index (Phi) is 6.97. The number of esters is 2. The summed E-state index contributed by atoms with van der Waals surface area (Å²) in [5, 5.41) is 0. The molecule has 0 saturated carbocycles. The third-order valence-electron chi connectivity index (χ3n) is 5.76. The van der Waals surface area contributed by atoms with E-state index in [2.05, 4.69) is 0 Å². The van der Waals surface area contributed by atoms with Crippen LogP contribution in [0.5, 0.6) is 0 Å². The first-order chi connectivity index (χ1) is 16.7. The maximum atomic E-state index is 14.0. The van der Waals surface area contributed by atoms with Crippen LogP contribution in [-0.4, -0.2) is 35.3 Å². The number of halogens is 1. The van der Waals surface area contributed by atoms with Gasteiger partial charge in [0.05, 0.1) is 16.8 Å². The fraction of sp³-hybridized carbons (Fsp3) is 0.269. The summed E-state index contributed by atoms with van der Waals surface area (Å²) in [5.74, 6) is -1.95. The number of nitrogens with zero attached hydrogens (tertiary/aromatic N) is 1. The predicted octanol–water partition coefficient (Wildman–Crippen LogP) is 3.56. The average molecular weight is 480 g/mol. The Labute approximate surface area is 201 Å². The van der Waals surface area contributed by atoms with Crippen molar-refractivity contribution in [2.75, 3.05) is 12.3 Å². The molecule has 1 fully saturated rings. The van der Waals surface area contributed by atoms with Gasteiger partial charge in [0.2, 0.25) is 0 Å². The quantitative estimate of drug-likeness (QED) is 0.537. The molecule has 3 atom stereocenters. The summed E-state index contributed by atoms with van der Waals surface area (Å²) < 4.78 is 32.1. The molecule has 0 bridgehead atoms. The lowest BCUT2D eigenvalue weighted by Crippen LogP contribution is -2.32. The van der Waals surface area contributed by atoms with Crippen molar-refractivity contribution in [3.8, 4) is 0 Å².